The number of rotatable bonds is 7. The number of aromatic hydroxyl groups is 1. The van der Waals surface area contributed by atoms with Crippen molar-refractivity contribution < 1.29 is 19.8 Å². The first-order chi connectivity index (χ1) is 12.3. The highest BCUT2D eigenvalue weighted by Gasteiger charge is 2.39. The highest BCUT2D eigenvalue weighted by molar-refractivity contribution is 6.26. The van der Waals surface area contributed by atoms with Crippen LogP contribution >= 0.6 is 0 Å². The number of aliphatic hydroxyl groups is 1. The molecule has 3 N–H and O–H groups in total. The van der Waals surface area contributed by atoms with Crippen molar-refractivity contribution in [2.45, 2.75) is 46.1 Å². The Balaban J connectivity index is 2.10. The van der Waals surface area contributed by atoms with Crippen molar-refractivity contribution in [1.29, 1.82) is 0 Å². The lowest BCUT2D eigenvalue weighted by Crippen LogP contribution is -2.31. The predicted octanol–water partition coefficient (Wildman–Crippen LogP) is 3.44. The third-order valence-corrected chi connectivity index (χ3v) is 4.72. The number of allylic oxidation sites excluding steroid dienone is 3. The van der Waals surface area contributed by atoms with Crippen LogP contribution in [-0.2, 0) is 16.0 Å². The minimum Gasteiger partial charge on any atom is -0.511 e. The van der Waals surface area contributed by atoms with Gasteiger partial charge in [0, 0.05) is 12.3 Å². The molecule has 26 heavy (non-hydrogen) atoms. The van der Waals surface area contributed by atoms with E-state index in [1.165, 1.54) is 0 Å². The van der Waals surface area contributed by atoms with Crippen LogP contribution in [0, 0.1) is 11.8 Å². The number of phenols is 1. The summed E-state index contributed by atoms with van der Waals surface area (Å²) in [6, 6.07) is 5.82. The van der Waals surface area contributed by atoms with E-state index in [9.17, 15) is 19.8 Å². The van der Waals surface area contributed by atoms with Gasteiger partial charge in [-0.25, -0.2) is 0 Å². The van der Waals surface area contributed by atoms with Crippen LogP contribution in [-0.4, -0.2) is 27.9 Å². The third kappa shape index (κ3) is 4.75. The van der Waals surface area contributed by atoms with Gasteiger partial charge in [0.1, 0.15) is 17.1 Å². The second-order valence-electron chi connectivity index (χ2n) is 7.07. The van der Waals surface area contributed by atoms with E-state index < -0.39 is 11.9 Å². The molecule has 0 bridgehead atoms. The van der Waals surface area contributed by atoms with Crippen molar-refractivity contribution in [1.82, 2.24) is 5.32 Å². The molecule has 0 unspecified atom stereocenters. The molecular weight excluding hydrogens is 330 g/mol. The van der Waals surface area contributed by atoms with Crippen LogP contribution in [0.1, 0.15) is 39.2 Å². The number of phenolic OH excluding ortho intramolecular Hbond substituents is 1. The van der Waals surface area contributed by atoms with E-state index >= 15 is 0 Å². The van der Waals surface area contributed by atoms with Gasteiger partial charge in [-0.15, -0.1) is 0 Å². The Bertz CT molecular complexity index is 718. The Labute approximate surface area is 154 Å². The summed E-state index contributed by atoms with van der Waals surface area (Å²) in [5.74, 6) is -0.760. The molecule has 0 spiro atoms. The normalized spacial score (nSPS) is 21.7. The number of carbonyl (C=O) groups is 2. The van der Waals surface area contributed by atoms with Crippen LogP contribution in [0.15, 0.2) is 47.7 Å². The summed E-state index contributed by atoms with van der Waals surface area (Å²) in [6.45, 7) is 5.88. The van der Waals surface area contributed by atoms with Gasteiger partial charge < -0.3 is 15.5 Å². The Morgan fingerprint density at radius 1 is 1.23 bits per heavy atom. The van der Waals surface area contributed by atoms with Gasteiger partial charge in [0.15, 0.2) is 5.78 Å². The Morgan fingerprint density at radius 3 is 2.50 bits per heavy atom. The first-order valence-corrected chi connectivity index (χ1v) is 9.00. The zero-order valence-corrected chi connectivity index (χ0v) is 15.5. The summed E-state index contributed by atoms with van der Waals surface area (Å²) in [5, 5.41) is 22.5. The van der Waals surface area contributed by atoms with Crippen LogP contribution < -0.4 is 5.32 Å². The summed E-state index contributed by atoms with van der Waals surface area (Å²) in [6.07, 6.45) is 5.98. The molecule has 1 heterocycles. The van der Waals surface area contributed by atoms with Crippen LogP contribution in [0.3, 0.4) is 0 Å². The van der Waals surface area contributed by atoms with E-state index in [2.05, 4.69) is 18.3 Å². The molecule has 2 rings (SSSR count). The fourth-order valence-electron chi connectivity index (χ4n) is 3.26. The van der Waals surface area contributed by atoms with Crippen molar-refractivity contribution in [3.63, 3.8) is 0 Å². The lowest BCUT2D eigenvalue weighted by Gasteiger charge is -2.16. The molecule has 5 heteroatoms. The van der Waals surface area contributed by atoms with Gasteiger partial charge in [-0.1, -0.05) is 38.1 Å². The number of nitrogens with one attached hydrogen (secondary N) is 1. The molecule has 5 nitrogen and oxygen atoms in total. The van der Waals surface area contributed by atoms with E-state index in [1.54, 1.807) is 24.3 Å². The number of amides is 1. The molecule has 1 saturated heterocycles. The smallest absolute Gasteiger partial charge is 0.259 e. The first-order valence-electron chi connectivity index (χ1n) is 9.00. The second kappa shape index (κ2) is 8.70. The van der Waals surface area contributed by atoms with Gasteiger partial charge in [-0.3, -0.25) is 9.59 Å². The van der Waals surface area contributed by atoms with Gasteiger partial charge in [0.25, 0.3) is 5.91 Å². The quantitative estimate of drug-likeness (QED) is 0.302. The summed E-state index contributed by atoms with van der Waals surface area (Å²) >= 11 is 0. The second-order valence-corrected chi connectivity index (χ2v) is 7.07. The fourth-order valence-corrected chi connectivity index (χ4v) is 3.26. The van der Waals surface area contributed by atoms with Crippen LogP contribution in [0.25, 0.3) is 0 Å². The van der Waals surface area contributed by atoms with Gasteiger partial charge in [0.2, 0.25) is 0 Å². The summed E-state index contributed by atoms with van der Waals surface area (Å²) in [4.78, 5) is 24.9. The van der Waals surface area contributed by atoms with Gasteiger partial charge in [0.05, 0.1) is 6.04 Å². The maximum atomic E-state index is 12.6. The number of benzene rings is 1. The number of hydrogen-bond donors (Lipinski definition) is 3. The largest absolute Gasteiger partial charge is 0.511 e. The van der Waals surface area contributed by atoms with Crippen molar-refractivity contribution in [2.75, 3.05) is 0 Å². The molecule has 3 atom stereocenters. The van der Waals surface area contributed by atoms with Crippen molar-refractivity contribution in [3.05, 3.63) is 53.3 Å². The summed E-state index contributed by atoms with van der Waals surface area (Å²) in [5.41, 5.74) is 0.717. The Kier molecular flexibility index (Phi) is 6.61. The topological polar surface area (TPSA) is 86.6 Å². The monoisotopic (exact) mass is 357 g/mol. The van der Waals surface area contributed by atoms with Crippen molar-refractivity contribution in [2.24, 2.45) is 11.8 Å². The lowest BCUT2D eigenvalue weighted by atomic mass is 9.90. The van der Waals surface area contributed by atoms with E-state index in [0.717, 1.165) is 12.0 Å². The van der Waals surface area contributed by atoms with Crippen LogP contribution in [0.5, 0.6) is 5.75 Å². The molecular formula is C21H27NO4. The van der Waals surface area contributed by atoms with Gasteiger partial charge in [-0.05, 0) is 43.4 Å². The molecule has 1 aromatic rings. The molecule has 1 amide bonds. The molecule has 1 aromatic carbocycles. The summed E-state index contributed by atoms with van der Waals surface area (Å²) in [7, 11) is 0. The summed E-state index contributed by atoms with van der Waals surface area (Å²) < 4.78 is 0. The first kappa shape index (κ1) is 19.8. The number of aliphatic hydroxyl groups excluding tert-OH is 1. The molecule has 0 aliphatic carbocycles. The van der Waals surface area contributed by atoms with Crippen LogP contribution in [0.2, 0.25) is 0 Å². The van der Waals surface area contributed by atoms with Gasteiger partial charge in [-0.2, -0.15) is 0 Å². The molecule has 0 aromatic heterocycles. The number of carbonyl (C=O) groups excluding carboxylic acids is 2. The highest BCUT2D eigenvalue weighted by Crippen LogP contribution is 2.26. The number of hydrogen-bond acceptors (Lipinski definition) is 4. The zero-order valence-electron chi connectivity index (χ0n) is 15.5. The van der Waals surface area contributed by atoms with E-state index in [-0.39, 0.29) is 28.8 Å². The molecule has 140 valence electrons. The minimum absolute atomic E-state index is 0.112. The Hall–Kier alpha value is -2.56. The minimum atomic E-state index is -0.683. The predicted molar refractivity (Wildman–Crippen MR) is 101 cm³/mol. The fraction of sp³-hybridized carbons (Fsp3) is 0.429. The van der Waals surface area contributed by atoms with Crippen molar-refractivity contribution in [3.8, 4) is 5.75 Å². The molecule has 1 aliphatic heterocycles. The standard InChI is InChI=1S/C21H27NO4/c1-4-5-6-13(2)11-14(3)19(24)18-20(25)17(22-21(18)26)12-15-7-9-16(23)10-8-15/h4-5,7-10,13-14,17,23-24H,6,11-12H2,1-3H3,(H,22,26)/b5-4+,19-18-/t13-,14+,17-/m0/s1. The third-order valence-electron chi connectivity index (χ3n) is 4.72. The van der Waals surface area contributed by atoms with Crippen LogP contribution in [0.4, 0.5) is 0 Å². The van der Waals surface area contributed by atoms with E-state index in [1.807, 2.05) is 19.9 Å². The number of Topliss-reactive ketones (excluding diaryl/α,β-unsaturated/α-hetero) is 1. The lowest BCUT2D eigenvalue weighted by molar-refractivity contribution is -0.117. The highest BCUT2D eigenvalue weighted by atomic mass is 16.3. The van der Waals surface area contributed by atoms with E-state index in [0.29, 0.717) is 18.8 Å². The average molecular weight is 357 g/mol. The molecule has 1 fully saturated rings. The maximum absolute atomic E-state index is 12.6. The van der Waals surface area contributed by atoms with Crippen molar-refractivity contribution >= 4 is 11.7 Å². The molecule has 0 saturated carbocycles. The van der Waals surface area contributed by atoms with E-state index in [4.69, 9.17) is 0 Å². The Morgan fingerprint density at radius 2 is 1.88 bits per heavy atom. The van der Waals surface area contributed by atoms with Gasteiger partial charge >= 0.3 is 0 Å². The number of ketones is 1. The zero-order chi connectivity index (χ0) is 19.3. The molecule has 1 aliphatic rings. The molecule has 0 radical (unpaired) electrons. The SMILES string of the molecule is C/C=C/C[C@H](C)C[C@@H](C)/C(O)=C1/C(=O)N[C@@H](Cc2ccc(O)cc2)C1=O. The maximum Gasteiger partial charge on any atom is 0.259 e. The average Bonchev–Trinajstić information content (AvgIpc) is 2.88.